The Morgan fingerprint density at radius 1 is 0.763 bits per heavy atom. The van der Waals surface area contributed by atoms with Crippen molar-refractivity contribution >= 4 is 11.8 Å². The van der Waals surface area contributed by atoms with E-state index in [1.165, 1.54) is 0 Å². The molecule has 4 rings (SSSR count). The molecule has 3 aromatic carbocycles. The van der Waals surface area contributed by atoms with E-state index in [-0.39, 0.29) is 25.1 Å². The minimum absolute atomic E-state index is 0.108. The molecule has 8 heteroatoms. The topological polar surface area (TPSA) is 43.7 Å². The Balaban J connectivity index is 0.000000260. The number of aromatic hydroxyl groups is 1. The van der Waals surface area contributed by atoms with Crippen molar-refractivity contribution in [2.75, 3.05) is 26.2 Å². The first-order chi connectivity index (χ1) is 18.1. The van der Waals surface area contributed by atoms with Crippen LogP contribution in [0.25, 0.3) is 0 Å². The van der Waals surface area contributed by atoms with E-state index in [4.69, 9.17) is 5.11 Å². The molecule has 2 N–H and O–H groups in total. The third-order valence-corrected chi connectivity index (χ3v) is 7.56. The molecule has 3 aromatic rings. The molecule has 1 heterocycles. The van der Waals surface area contributed by atoms with Gasteiger partial charge in [-0.3, -0.25) is 4.90 Å². The fourth-order valence-electron chi connectivity index (χ4n) is 4.18. The molecule has 38 heavy (non-hydrogen) atoms. The highest BCUT2D eigenvalue weighted by molar-refractivity contribution is 8.00. The van der Waals surface area contributed by atoms with Crippen molar-refractivity contribution in [3.8, 4) is 5.75 Å². The normalized spacial score (nSPS) is 16.2. The van der Waals surface area contributed by atoms with E-state index in [0.717, 1.165) is 29.0 Å². The summed E-state index contributed by atoms with van der Waals surface area (Å²) in [6.07, 6.45) is 1.22. The number of aryl methyl sites for hydroxylation is 2. The molecule has 0 aliphatic carbocycles. The van der Waals surface area contributed by atoms with Crippen LogP contribution in [0.2, 0.25) is 0 Å². The molecular formula is C30H35F4NO2S. The number of hydrogen-bond acceptors (Lipinski definition) is 4. The predicted octanol–water partition coefficient (Wildman–Crippen LogP) is 7.07. The molecule has 0 spiro atoms. The lowest BCUT2D eigenvalue weighted by atomic mass is 10.1. The summed E-state index contributed by atoms with van der Waals surface area (Å²) in [6, 6.07) is 25.6. The lowest BCUT2D eigenvalue weighted by molar-refractivity contribution is -0.0558. The summed E-state index contributed by atoms with van der Waals surface area (Å²) in [5.74, 6) is -5.36. The van der Waals surface area contributed by atoms with Gasteiger partial charge < -0.3 is 10.2 Å². The number of nitrogens with zero attached hydrogens (tertiary/aromatic N) is 1. The van der Waals surface area contributed by atoms with Crippen LogP contribution >= 0.6 is 11.8 Å². The smallest absolute Gasteiger partial charge is 0.271 e. The number of likely N-dealkylation sites (tertiary alicyclic amines) is 1. The van der Waals surface area contributed by atoms with Crippen molar-refractivity contribution in [3.63, 3.8) is 0 Å². The summed E-state index contributed by atoms with van der Waals surface area (Å²) in [7, 11) is 0. The second kappa shape index (κ2) is 14.6. The summed E-state index contributed by atoms with van der Waals surface area (Å²) < 4.78 is 53.7. The molecule has 0 saturated carbocycles. The first kappa shape index (κ1) is 30.0. The van der Waals surface area contributed by atoms with Gasteiger partial charge in [0.25, 0.3) is 11.8 Å². The van der Waals surface area contributed by atoms with Gasteiger partial charge in [0, 0.05) is 29.5 Å². The van der Waals surface area contributed by atoms with Gasteiger partial charge in [0.1, 0.15) is 12.4 Å². The molecule has 1 atom stereocenters. The van der Waals surface area contributed by atoms with Crippen LogP contribution < -0.4 is 0 Å². The molecule has 0 aromatic heterocycles. The van der Waals surface area contributed by atoms with Crippen molar-refractivity contribution in [3.05, 3.63) is 96.1 Å². The second-order valence-corrected chi connectivity index (χ2v) is 11.0. The van der Waals surface area contributed by atoms with E-state index in [9.17, 15) is 22.7 Å². The zero-order chi connectivity index (χ0) is 27.4. The van der Waals surface area contributed by atoms with Gasteiger partial charge in [0.2, 0.25) is 0 Å². The Kier molecular flexibility index (Phi) is 11.5. The number of benzene rings is 3. The number of phenolic OH excluding ortho intramolecular Hbond substituents is 1. The Hall–Kier alpha value is -2.55. The summed E-state index contributed by atoms with van der Waals surface area (Å²) in [4.78, 5) is 2.95. The van der Waals surface area contributed by atoms with Gasteiger partial charge in [-0.15, -0.1) is 11.8 Å². The maximum Gasteiger partial charge on any atom is 0.271 e. The van der Waals surface area contributed by atoms with E-state index >= 15 is 0 Å². The number of aliphatic hydroxyl groups is 1. The Morgan fingerprint density at radius 3 is 1.82 bits per heavy atom. The number of rotatable bonds is 11. The molecule has 206 valence electrons. The first-order valence-corrected chi connectivity index (χ1v) is 13.6. The van der Waals surface area contributed by atoms with Crippen LogP contribution in [-0.4, -0.2) is 58.4 Å². The van der Waals surface area contributed by atoms with Crippen molar-refractivity contribution in [1.82, 2.24) is 4.90 Å². The lowest BCUT2D eigenvalue weighted by Crippen LogP contribution is -2.36. The molecule has 0 amide bonds. The highest BCUT2D eigenvalue weighted by Crippen LogP contribution is 2.32. The maximum absolute atomic E-state index is 14.3. The highest BCUT2D eigenvalue weighted by Gasteiger charge is 2.34. The van der Waals surface area contributed by atoms with Crippen LogP contribution in [0, 0.1) is 0 Å². The van der Waals surface area contributed by atoms with E-state index in [1.54, 1.807) is 36.0 Å². The van der Waals surface area contributed by atoms with Crippen LogP contribution in [0.1, 0.15) is 30.4 Å². The third kappa shape index (κ3) is 11.1. The van der Waals surface area contributed by atoms with Crippen LogP contribution in [0.5, 0.6) is 5.75 Å². The van der Waals surface area contributed by atoms with E-state index < -0.39 is 18.5 Å². The third-order valence-electron chi connectivity index (χ3n) is 6.30. The Labute approximate surface area is 226 Å². The summed E-state index contributed by atoms with van der Waals surface area (Å²) >= 11 is 1.70. The van der Waals surface area contributed by atoms with E-state index in [1.807, 2.05) is 65.6 Å². The molecule has 1 aliphatic rings. The fraction of sp³-hybridized carbons (Fsp3) is 0.400. The number of hydrogen-bond donors (Lipinski definition) is 2. The van der Waals surface area contributed by atoms with Gasteiger partial charge in [-0.05, 0) is 61.2 Å². The molecule has 1 saturated heterocycles. The average Bonchev–Trinajstić information content (AvgIpc) is 3.35. The van der Waals surface area contributed by atoms with Crippen LogP contribution in [0.15, 0.2) is 89.8 Å². The van der Waals surface area contributed by atoms with Gasteiger partial charge in [0.15, 0.2) is 0 Å². The van der Waals surface area contributed by atoms with Gasteiger partial charge >= 0.3 is 0 Å². The monoisotopic (exact) mass is 549 g/mol. The maximum atomic E-state index is 14.3. The lowest BCUT2D eigenvalue weighted by Gasteiger charge is -2.23. The molecular weight excluding hydrogens is 514 g/mol. The molecule has 0 bridgehead atoms. The zero-order valence-corrected chi connectivity index (χ0v) is 22.1. The SMILES string of the molecule is OCC(F)(F)CCc1ccccc1.Oc1ccc(S[C@@H]2CCN(CC(F)(F)CCc3ccccc3)C2)cc1. The number of thioether (sulfide) groups is 1. The molecule has 0 radical (unpaired) electrons. The number of halogens is 4. The number of phenols is 1. The first-order valence-electron chi connectivity index (χ1n) is 12.8. The molecule has 1 aliphatic heterocycles. The van der Waals surface area contributed by atoms with Crippen LogP contribution in [0.3, 0.4) is 0 Å². The molecule has 0 unspecified atom stereocenters. The Morgan fingerprint density at radius 2 is 1.29 bits per heavy atom. The van der Waals surface area contributed by atoms with Crippen molar-refractivity contribution in [2.24, 2.45) is 0 Å². The number of aliphatic hydroxyl groups excluding tert-OH is 1. The van der Waals surface area contributed by atoms with Gasteiger partial charge in [-0.2, -0.15) is 0 Å². The van der Waals surface area contributed by atoms with E-state index in [2.05, 4.69) is 0 Å². The largest absolute Gasteiger partial charge is 0.508 e. The van der Waals surface area contributed by atoms with Gasteiger partial charge in [-0.1, -0.05) is 60.7 Å². The summed E-state index contributed by atoms with van der Waals surface area (Å²) in [5.41, 5.74) is 1.83. The van der Waals surface area contributed by atoms with Gasteiger partial charge in [0.05, 0.1) is 6.54 Å². The van der Waals surface area contributed by atoms with Crippen molar-refractivity contribution < 1.29 is 27.8 Å². The zero-order valence-electron chi connectivity index (χ0n) is 21.3. The predicted molar refractivity (Wildman–Crippen MR) is 145 cm³/mol. The minimum atomic E-state index is -2.95. The summed E-state index contributed by atoms with van der Waals surface area (Å²) in [5, 5.41) is 18.0. The number of alkyl halides is 4. The van der Waals surface area contributed by atoms with Gasteiger partial charge in [-0.25, -0.2) is 17.6 Å². The van der Waals surface area contributed by atoms with E-state index in [0.29, 0.717) is 24.6 Å². The quantitative estimate of drug-likeness (QED) is 0.251. The average molecular weight is 550 g/mol. The molecule has 1 fully saturated rings. The van der Waals surface area contributed by atoms with Crippen molar-refractivity contribution in [2.45, 2.75) is 54.1 Å². The standard InChI is InChI=1S/C20H23F2NOS.C10H12F2O/c21-20(22,12-10-16-4-2-1-3-5-16)15-23-13-11-19(14-23)25-18-8-6-17(24)7-9-18;11-10(12,8-13)7-6-9-4-2-1-3-5-9/h1-9,19,24H,10-15H2;1-5,13H,6-8H2/t19-;/m1./s1. The fourth-order valence-corrected chi connectivity index (χ4v) is 5.37. The van der Waals surface area contributed by atoms with Crippen LogP contribution in [-0.2, 0) is 12.8 Å². The summed E-state index contributed by atoms with van der Waals surface area (Å²) in [6.45, 7) is 0.176. The molecule has 3 nitrogen and oxygen atoms in total. The van der Waals surface area contributed by atoms with Crippen molar-refractivity contribution in [1.29, 1.82) is 0 Å². The van der Waals surface area contributed by atoms with Crippen LogP contribution in [0.4, 0.5) is 17.6 Å². The highest BCUT2D eigenvalue weighted by atomic mass is 32.2. The minimum Gasteiger partial charge on any atom is -0.508 e. The second-order valence-electron chi connectivity index (χ2n) is 9.60. The Bertz CT molecular complexity index is 1070.